The molecule has 0 aliphatic rings. The van der Waals surface area contributed by atoms with E-state index in [1.165, 1.54) is 7.11 Å². The fourth-order valence-electron chi connectivity index (χ4n) is 1.89. The molecule has 0 aliphatic carbocycles. The zero-order valence-corrected chi connectivity index (χ0v) is 10.8. The van der Waals surface area contributed by atoms with Crippen LogP contribution >= 0.6 is 0 Å². The van der Waals surface area contributed by atoms with Crippen molar-refractivity contribution >= 4 is 5.97 Å². The van der Waals surface area contributed by atoms with Crippen LogP contribution in [0.4, 0.5) is 0 Å². The molecule has 0 aliphatic heterocycles. The fourth-order valence-corrected chi connectivity index (χ4v) is 1.89. The standard InChI is InChI=1S/C15H14O4/c1-17-13-10-6-9-12(15(16)19-18-2)14(13)11-7-4-3-5-8-11/h3-10H,1-2H3. The first-order chi connectivity index (χ1) is 9.27. The molecule has 0 saturated carbocycles. The van der Waals surface area contributed by atoms with Crippen molar-refractivity contribution in [3.63, 3.8) is 0 Å². The highest BCUT2D eigenvalue weighted by molar-refractivity contribution is 5.98. The largest absolute Gasteiger partial charge is 0.496 e. The molecule has 2 aromatic rings. The van der Waals surface area contributed by atoms with Gasteiger partial charge in [0.15, 0.2) is 0 Å². The summed E-state index contributed by atoms with van der Waals surface area (Å²) in [6, 6.07) is 14.7. The molecule has 0 atom stereocenters. The van der Waals surface area contributed by atoms with Crippen LogP contribution in [0.25, 0.3) is 11.1 Å². The molecule has 0 saturated heterocycles. The summed E-state index contributed by atoms with van der Waals surface area (Å²) in [5, 5.41) is 0. The van der Waals surface area contributed by atoms with Gasteiger partial charge in [-0.1, -0.05) is 36.4 Å². The van der Waals surface area contributed by atoms with Crippen molar-refractivity contribution in [3.8, 4) is 16.9 Å². The van der Waals surface area contributed by atoms with Crippen LogP contribution < -0.4 is 4.74 Å². The maximum absolute atomic E-state index is 11.9. The molecule has 0 amide bonds. The Morgan fingerprint density at radius 1 is 0.947 bits per heavy atom. The van der Waals surface area contributed by atoms with Crippen molar-refractivity contribution < 1.29 is 19.3 Å². The van der Waals surface area contributed by atoms with Gasteiger partial charge in [0.05, 0.1) is 19.8 Å². The molecule has 0 radical (unpaired) electrons. The second-order valence-corrected chi connectivity index (χ2v) is 3.79. The monoisotopic (exact) mass is 258 g/mol. The van der Waals surface area contributed by atoms with Crippen LogP contribution in [0.3, 0.4) is 0 Å². The van der Waals surface area contributed by atoms with Crippen molar-refractivity contribution in [1.82, 2.24) is 0 Å². The smallest absolute Gasteiger partial charge is 0.373 e. The number of benzene rings is 2. The quantitative estimate of drug-likeness (QED) is 0.624. The number of carbonyl (C=O) groups excluding carboxylic acids is 1. The van der Waals surface area contributed by atoms with E-state index in [-0.39, 0.29) is 0 Å². The lowest BCUT2D eigenvalue weighted by Gasteiger charge is -2.12. The summed E-state index contributed by atoms with van der Waals surface area (Å²) in [4.78, 5) is 20.9. The molecule has 0 spiro atoms. The number of hydrogen-bond donors (Lipinski definition) is 0. The summed E-state index contributed by atoms with van der Waals surface area (Å²) in [7, 11) is 2.85. The van der Waals surface area contributed by atoms with Crippen LogP contribution in [0.5, 0.6) is 5.75 Å². The van der Waals surface area contributed by atoms with Crippen molar-refractivity contribution in [2.24, 2.45) is 0 Å². The Bertz CT molecular complexity index is 564. The summed E-state index contributed by atoms with van der Waals surface area (Å²) in [6.07, 6.45) is 0. The van der Waals surface area contributed by atoms with E-state index in [1.807, 2.05) is 30.3 Å². The lowest BCUT2D eigenvalue weighted by molar-refractivity contribution is -0.216. The minimum Gasteiger partial charge on any atom is -0.496 e. The first-order valence-corrected chi connectivity index (χ1v) is 5.75. The number of methoxy groups -OCH3 is 1. The number of hydrogen-bond acceptors (Lipinski definition) is 4. The molecule has 0 N–H and O–H groups in total. The molecule has 0 bridgehead atoms. The predicted molar refractivity (Wildman–Crippen MR) is 70.9 cm³/mol. The summed E-state index contributed by atoms with van der Waals surface area (Å²) >= 11 is 0. The zero-order chi connectivity index (χ0) is 13.7. The van der Waals surface area contributed by atoms with Crippen LogP contribution in [0.1, 0.15) is 10.4 Å². The van der Waals surface area contributed by atoms with E-state index < -0.39 is 5.97 Å². The van der Waals surface area contributed by atoms with Crippen molar-refractivity contribution in [2.75, 3.05) is 14.2 Å². The molecule has 0 fully saturated rings. The normalized spacial score (nSPS) is 10.0. The molecule has 0 unspecified atom stereocenters. The predicted octanol–water partition coefficient (Wildman–Crippen LogP) is 3.08. The van der Waals surface area contributed by atoms with E-state index in [2.05, 4.69) is 9.78 Å². The maximum atomic E-state index is 11.9. The van der Waals surface area contributed by atoms with Crippen molar-refractivity contribution in [1.29, 1.82) is 0 Å². The van der Waals surface area contributed by atoms with E-state index in [1.54, 1.807) is 25.3 Å². The van der Waals surface area contributed by atoms with Gasteiger partial charge in [-0.25, -0.2) is 4.79 Å². The Balaban J connectivity index is 2.59. The van der Waals surface area contributed by atoms with Gasteiger partial charge in [-0.05, 0) is 17.7 Å². The highest BCUT2D eigenvalue weighted by Crippen LogP contribution is 2.33. The van der Waals surface area contributed by atoms with Gasteiger partial charge < -0.3 is 4.74 Å². The average molecular weight is 258 g/mol. The van der Waals surface area contributed by atoms with Crippen LogP contribution in [-0.2, 0) is 9.78 Å². The Hall–Kier alpha value is -2.33. The Morgan fingerprint density at radius 2 is 1.68 bits per heavy atom. The minimum absolute atomic E-state index is 0.396. The van der Waals surface area contributed by atoms with E-state index in [9.17, 15) is 4.79 Å². The molecule has 19 heavy (non-hydrogen) atoms. The summed E-state index contributed by atoms with van der Waals surface area (Å²) in [6.45, 7) is 0. The first-order valence-electron chi connectivity index (χ1n) is 5.75. The van der Waals surface area contributed by atoms with E-state index >= 15 is 0 Å². The van der Waals surface area contributed by atoms with Gasteiger partial charge in [0.25, 0.3) is 0 Å². The molecule has 98 valence electrons. The molecular weight excluding hydrogens is 244 g/mol. The highest BCUT2D eigenvalue weighted by Gasteiger charge is 2.18. The van der Waals surface area contributed by atoms with Crippen molar-refractivity contribution in [3.05, 3.63) is 54.1 Å². The van der Waals surface area contributed by atoms with Crippen LogP contribution in [0, 0.1) is 0 Å². The summed E-state index contributed by atoms with van der Waals surface area (Å²) in [5.74, 6) is 0.0528. The van der Waals surface area contributed by atoms with Gasteiger partial charge in [0.1, 0.15) is 5.75 Å². The Labute approximate surface area is 111 Å². The van der Waals surface area contributed by atoms with Crippen LogP contribution in [-0.4, -0.2) is 20.2 Å². The number of ether oxygens (including phenoxy) is 1. The SMILES string of the molecule is COOC(=O)c1cccc(OC)c1-c1ccccc1. The fraction of sp³-hybridized carbons (Fsp3) is 0.133. The average Bonchev–Trinajstić information content (AvgIpc) is 2.47. The van der Waals surface area contributed by atoms with Gasteiger partial charge in [0, 0.05) is 5.56 Å². The van der Waals surface area contributed by atoms with Gasteiger partial charge in [-0.2, -0.15) is 4.89 Å². The second kappa shape index (κ2) is 6.02. The van der Waals surface area contributed by atoms with Crippen LogP contribution in [0.2, 0.25) is 0 Å². The highest BCUT2D eigenvalue weighted by atomic mass is 17.2. The maximum Gasteiger partial charge on any atom is 0.373 e. The molecule has 2 aromatic carbocycles. The third-order valence-corrected chi connectivity index (χ3v) is 2.69. The zero-order valence-electron chi connectivity index (χ0n) is 10.8. The van der Waals surface area contributed by atoms with Gasteiger partial charge in [-0.3, -0.25) is 4.89 Å². The Kier molecular flexibility index (Phi) is 4.15. The van der Waals surface area contributed by atoms with E-state index in [0.717, 1.165) is 5.56 Å². The van der Waals surface area contributed by atoms with E-state index in [4.69, 9.17) is 4.74 Å². The minimum atomic E-state index is -0.555. The molecule has 4 nitrogen and oxygen atoms in total. The summed E-state index contributed by atoms with van der Waals surface area (Å²) < 4.78 is 5.32. The topological polar surface area (TPSA) is 44.8 Å². The first kappa shape index (κ1) is 13.1. The third kappa shape index (κ3) is 2.74. The van der Waals surface area contributed by atoms with Gasteiger partial charge in [-0.15, -0.1) is 0 Å². The van der Waals surface area contributed by atoms with E-state index in [0.29, 0.717) is 16.9 Å². The lowest BCUT2D eigenvalue weighted by atomic mass is 9.98. The number of rotatable bonds is 4. The summed E-state index contributed by atoms with van der Waals surface area (Å²) in [5.41, 5.74) is 1.96. The van der Waals surface area contributed by atoms with Crippen molar-refractivity contribution in [2.45, 2.75) is 0 Å². The molecule has 0 aromatic heterocycles. The van der Waals surface area contributed by atoms with Crippen LogP contribution in [0.15, 0.2) is 48.5 Å². The molecule has 4 heteroatoms. The lowest BCUT2D eigenvalue weighted by Crippen LogP contribution is -2.07. The molecule has 0 heterocycles. The number of carbonyl (C=O) groups is 1. The second-order valence-electron chi connectivity index (χ2n) is 3.79. The molecule has 2 rings (SSSR count). The van der Waals surface area contributed by atoms with Gasteiger partial charge in [0.2, 0.25) is 0 Å². The third-order valence-electron chi connectivity index (χ3n) is 2.69. The molecular formula is C15H14O4. The Morgan fingerprint density at radius 3 is 2.32 bits per heavy atom. The van der Waals surface area contributed by atoms with Gasteiger partial charge >= 0.3 is 5.97 Å².